The van der Waals surface area contributed by atoms with Gasteiger partial charge in [-0.1, -0.05) is 26.0 Å². The summed E-state index contributed by atoms with van der Waals surface area (Å²) < 4.78 is 21.7. The Morgan fingerprint density at radius 1 is 0.667 bits per heavy atom. The molecule has 0 aliphatic carbocycles. The van der Waals surface area contributed by atoms with Crippen LogP contribution in [-0.2, 0) is 12.8 Å². The molecule has 4 heteroatoms. The highest BCUT2D eigenvalue weighted by Crippen LogP contribution is 2.35. The van der Waals surface area contributed by atoms with E-state index >= 15 is 0 Å². The van der Waals surface area contributed by atoms with E-state index in [1.54, 1.807) is 0 Å². The summed E-state index contributed by atoms with van der Waals surface area (Å²) in [5.74, 6) is 4.55. The summed E-state index contributed by atoms with van der Waals surface area (Å²) in [4.78, 5) is 0. The standard InChI is InChI=1S/C20H22O4/c1-13(7-15-3-5-17-19(9-15)23-11-21-17)14(2)8-16-4-6-18-20(10-16)24-12-22-18/h3-6,9-10,13-14H,7-8,11-12H2,1-2H3/t13-,14?/m1/s1. The van der Waals surface area contributed by atoms with Gasteiger partial charge in [-0.2, -0.15) is 0 Å². The topological polar surface area (TPSA) is 36.9 Å². The molecule has 2 heterocycles. The van der Waals surface area contributed by atoms with E-state index in [2.05, 4.69) is 38.1 Å². The fourth-order valence-electron chi connectivity index (χ4n) is 3.28. The minimum Gasteiger partial charge on any atom is -0.454 e. The summed E-state index contributed by atoms with van der Waals surface area (Å²) in [7, 11) is 0. The summed E-state index contributed by atoms with van der Waals surface area (Å²) in [6.07, 6.45) is 2.06. The number of rotatable bonds is 5. The Morgan fingerprint density at radius 3 is 1.54 bits per heavy atom. The van der Waals surface area contributed by atoms with Crippen LogP contribution in [0.4, 0.5) is 0 Å². The monoisotopic (exact) mass is 326 g/mol. The first-order valence-electron chi connectivity index (χ1n) is 8.46. The molecule has 4 nitrogen and oxygen atoms in total. The summed E-state index contributed by atoms with van der Waals surface area (Å²) in [6, 6.07) is 12.5. The van der Waals surface area contributed by atoms with Crippen LogP contribution in [0.5, 0.6) is 23.0 Å². The molecular weight excluding hydrogens is 304 g/mol. The molecule has 0 spiro atoms. The van der Waals surface area contributed by atoms with Crippen molar-refractivity contribution in [2.45, 2.75) is 26.7 Å². The highest BCUT2D eigenvalue weighted by atomic mass is 16.7. The molecule has 1 unspecified atom stereocenters. The van der Waals surface area contributed by atoms with E-state index < -0.39 is 0 Å². The summed E-state index contributed by atoms with van der Waals surface area (Å²) in [6.45, 7) is 5.27. The SMILES string of the molecule is CC(Cc1ccc2c(c1)OCO2)[C@H](C)Cc1ccc2c(c1)OCO2. The van der Waals surface area contributed by atoms with Crippen LogP contribution in [0.3, 0.4) is 0 Å². The van der Waals surface area contributed by atoms with Gasteiger partial charge in [0.1, 0.15) is 0 Å². The molecular formula is C20H22O4. The molecule has 24 heavy (non-hydrogen) atoms. The average molecular weight is 326 g/mol. The van der Waals surface area contributed by atoms with E-state index in [-0.39, 0.29) is 0 Å². The fourth-order valence-corrected chi connectivity index (χ4v) is 3.28. The van der Waals surface area contributed by atoms with E-state index in [0.29, 0.717) is 25.4 Å². The van der Waals surface area contributed by atoms with Crippen LogP contribution >= 0.6 is 0 Å². The molecule has 2 aliphatic rings. The molecule has 4 rings (SSSR count). The van der Waals surface area contributed by atoms with Crippen LogP contribution in [0.1, 0.15) is 25.0 Å². The molecule has 0 aromatic heterocycles. The normalized spacial score (nSPS) is 16.9. The molecule has 0 radical (unpaired) electrons. The largest absolute Gasteiger partial charge is 0.454 e. The lowest BCUT2D eigenvalue weighted by Gasteiger charge is -2.20. The van der Waals surface area contributed by atoms with Gasteiger partial charge in [0.05, 0.1) is 0 Å². The minimum atomic E-state index is 0.328. The predicted molar refractivity (Wildman–Crippen MR) is 90.9 cm³/mol. The van der Waals surface area contributed by atoms with E-state index in [1.165, 1.54) is 11.1 Å². The van der Waals surface area contributed by atoms with Gasteiger partial charge in [-0.05, 0) is 60.1 Å². The van der Waals surface area contributed by atoms with Gasteiger partial charge in [0.25, 0.3) is 0 Å². The lowest BCUT2D eigenvalue weighted by molar-refractivity contribution is 0.173. The third kappa shape index (κ3) is 3.01. The number of benzene rings is 2. The maximum atomic E-state index is 5.47. The van der Waals surface area contributed by atoms with Crippen molar-refractivity contribution in [1.29, 1.82) is 0 Å². The van der Waals surface area contributed by atoms with Gasteiger partial charge in [0.15, 0.2) is 23.0 Å². The van der Waals surface area contributed by atoms with Crippen LogP contribution in [0.25, 0.3) is 0 Å². The van der Waals surface area contributed by atoms with Gasteiger partial charge in [0, 0.05) is 0 Å². The van der Waals surface area contributed by atoms with Crippen LogP contribution in [0.15, 0.2) is 36.4 Å². The summed E-state index contributed by atoms with van der Waals surface area (Å²) >= 11 is 0. The van der Waals surface area contributed by atoms with Gasteiger partial charge < -0.3 is 18.9 Å². The van der Waals surface area contributed by atoms with Crippen molar-refractivity contribution in [2.24, 2.45) is 11.8 Å². The van der Waals surface area contributed by atoms with E-state index in [0.717, 1.165) is 35.8 Å². The van der Waals surface area contributed by atoms with Gasteiger partial charge >= 0.3 is 0 Å². The lowest BCUT2D eigenvalue weighted by atomic mass is 9.85. The average Bonchev–Trinajstić information content (AvgIpc) is 3.22. The molecule has 0 saturated carbocycles. The first kappa shape index (κ1) is 15.2. The van der Waals surface area contributed by atoms with Crippen molar-refractivity contribution >= 4 is 0 Å². The van der Waals surface area contributed by atoms with Crippen LogP contribution in [0.2, 0.25) is 0 Å². The Hall–Kier alpha value is -2.36. The molecule has 2 atom stereocenters. The minimum absolute atomic E-state index is 0.328. The Kier molecular flexibility index (Phi) is 3.97. The van der Waals surface area contributed by atoms with Crippen molar-refractivity contribution in [3.63, 3.8) is 0 Å². The third-order valence-electron chi connectivity index (χ3n) is 4.96. The smallest absolute Gasteiger partial charge is 0.231 e. The number of hydrogen-bond donors (Lipinski definition) is 0. The third-order valence-corrected chi connectivity index (χ3v) is 4.96. The second-order valence-corrected chi connectivity index (χ2v) is 6.74. The highest BCUT2D eigenvalue weighted by Gasteiger charge is 2.19. The molecule has 0 N–H and O–H groups in total. The first-order chi connectivity index (χ1) is 11.7. The zero-order chi connectivity index (χ0) is 16.5. The number of fused-ring (bicyclic) bond motifs is 2. The fraction of sp³-hybridized carbons (Fsp3) is 0.400. The maximum Gasteiger partial charge on any atom is 0.231 e. The van der Waals surface area contributed by atoms with Crippen molar-refractivity contribution in [2.75, 3.05) is 13.6 Å². The number of hydrogen-bond acceptors (Lipinski definition) is 4. The van der Waals surface area contributed by atoms with E-state index in [4.69, 9.17) is 18.9 Å². The zero-order valence-corrected chi connectivity index (χ0v) is 14.1. The second kappa shape index (κ2) is 6.27. The van der Waals surface area contributed by atoms with Gasteiger partial charge in [-0.15, -0.1) is 0 Å². The van der Waals surface area contributed by atoms with E-state index in [1.807, 2.05) is 12.1 Å². The summed E-state index contributed by atoms with van der Waals surface area (Å²) in [5.41, 5.74) is 2.59. The zero-order valence-electron chi connectivity index (χ0n) is 14.1. The molecule has 126 valence electrons. The molecule has 0 bridgehead atoms. The van der Waals surface area contributed by atoms with Gasteiger partial charge in [-0.25, -0.2) is 0 Å². The van der Waals surface area contributed by atoms with Crippen molar-refractivity contribution < 1.29 is 18.9 Å². The highest BCUT2D eigenvalue weighted by molar-refractivity contribution is 5.45. The lowest BCUT2D eigenvalue weighted by Crippen LogP contribution is -2.13. The van der Waals surface area contributed by atoms with Crippen molar-refractivity contribution in [3.8, 4) is 23.0 Å². The van der Waals surface area contributed by atoms with Crippen molar-refractivity contribution in [3.05, 3.63) is 47.5 Å². The number of ether oxygens (including phenoxy) is 4. The van der Waals surface area contributed by atoms with Crippen molar-refractivity contribution in [1.82, 2.24) is 0 Å². The molecule has 0 amide bonds. The van der Waals surface area contributed by atoms with Crippen LogP contribution in [0, 0.1) is 11.8 Å². The summed E-state index contributed by atoms with van der Waals surface area (Å²) in [5, 5.41) is 0. The molecule has 0 saturated heterocycles. The van der Waals surface area contributed by atoms with Crippen LogP contribution < -0.4 is 18.9 Å². The Morgan fingerprint density at radius 2 is 1.08 bits per heavy atom. The van der Waals surface area contributed by atoms with E-state index in [9.17, 15) is 0 Å². The van der Waals surface area contributed by atoms with Gasteiger partial charge in [-0.3, -0.25) is 0 Å². The predicted octanol–water partition coefficient (Wildman–Crippen LogP) is 4.20. The second-order valence-electron chi connectivity index (χ2n) is 6.74. The Labute approximate surface area is 142 Å². The van der Waals surface area contributed by atoms with Crippen LogP contribution in [-0.4, -0.2) is 13.6 Å². The maximum absolute atomic E-state index is 5.47. The molecule has 2 aromatic carbocycles. The quantitative estimate of drug-likeness (QED) is 0.825. The Balaban J connectivity index is 1.40. The van der Waals surface area contributed by atoms with Gasteiger partial charge in [0.2, 0.25) is 13.6 Å². The first-order valence-corrected chi connectivity index (χ1v) is 8.46. The molecule has 2 aliphatic heterocycles. The molecule has 2 aromatic rings. The Bertz CT molecular complexity index is 677. The molecule has 0 fully saturated rings.